The Morgan fingerprint density at radius 1 is 1.04 bits per heavy atom. The molecule has 1 aliphatic heterocycles. The van der Waals surface area contributed by atoms with Crippen LogP contribution in [0.2, 0.25) is 0 Å². The number of nitrogens with zero attached hydrogens (tertiary/aromatic N) is 1. The zero-order valence-electron chi connectivity index (χ0n) is 14.3. The molecule has 0 radical (unpaired) electrons. The summed E-state index contributed by atoms with van der Waals surface area (Å²) in [6, 6.07) is 8.78. The summed E-state index contributed by atoms with van der Waals surface area (Å²) < 4.78 is 64.5. The van der Waals surface area contributed by atoms with Gasteiger partial charge in [-0.25, -0.2) is 12.7 Å². The third-order valence-corrected chi connectivity index (χ3v) is 7.71. The van der Waals surface area contributed by atoms with Crippen LogP contribution in [0.25, 0.3) is 0 Å². The van der Waals surface area contributed by atoms with E-state index in [1.807, 2.05) is 0 Å². The highest BCUT2D eigenvalue weighted by atomic mass is 32.2. The van der Waals surface area contributed by atoms with Gasteiger partial charge in [-0.2, -0.15) is 13.2 Å². The van der Waals surface area contributed by atoms with Crippen LogP contribution in [-0.4, -0.2) is 31.4 Å². The van der Waals surface area contributed by atoms with Crippen LogP contribution >= 0.6 is 0 Å². The molecule has 1 unspecified atom stereocenters. The second-order valence-corrected chi connectivity index (χ2v) is 9.20. The molecule has 0 aromatic heterocycles. The zero-order valence-corrected chi connectivity index (χ0v) is 15.1. The van der Waals surface area contributed by atoms with Crippen LogP contribution in [0, 0.1) is 11.8 Å². The van der Waals surface area contributed by atoms with Gasteiger partial charge in [0.15, 0.2) is 0 Å². The fourth-order valence-corrected chi connectivity index (χ4v) is 5.91. The van der Waals surface area contributed by atoms with Gasteiger partial charge in [0.25, 0.3) is 0 Å². The summed E-state index contributed by atoms with van der Waals surface area (Å²) in [5.74, 6) is -1.96. The van der Waals surface area contributed by atoms with Gasteiger partial charge in [0, 0.05) is 13.0 Å². The molecule has 1 aliphatic carbocycles. The van der Waals surface area contributed by atoms with Crippen molar-refractivity contribution >= 4 is 15.9 Å². The van der Waals surface area contributed by atoms with Crippen LogP contribution < -0.4 is 0 Å². The first kappa shape index (κ1) is 19.2. The number of amides is 1. The fraction of sp³-hybridized carbons (Fsp3) is 0.611. The molecule has 144 valence electrons. The molecular weight excluding hydrogens is 367 g/mol. The molecule has 8 heteroatoms. The van der Waals surface area contributed by atoms with Gasteiger partial charge in [0.1, 0.15) is 5.25 Å². The molecule has 0 spiro atoms. The highest BCUT2D eigenvalue weighted by Crippen LogP contribution is 2.41. The average molecular weight is 389 g/mol. The number of alkyl halides is 3. The minimum Gasteiger partial charge on any atom is -0.274 e. The Morgan fingerprint density at radius 3 is 2.23 bits per heavy atom. The minimum absolute atomic E-state index is 0.00527. The lowest BCUT2D eigenvalue weighted by atomic mass is 9.80. The maximum Gasteiger partial charge on any atom is 0.391 e. The summed E-state index contributed by atoms with van der Waals surface area (Å²) in [5, 5.41) is -0.728. The molecular formula is C18H22F3NO3S. The van der Waals surface area contributed by atoms with E-state index in [0.717, 1.165) is 4.31 Å². The lowest BCUT2D eigenvalue weighted by molar-refractivity contribution is -0.184. The minimum atomic E-state index is -4.18. The Balaban J connectivity index is 1.61. The van der Waals surface area contributed by atoms with Crippen molar-refractivity contribution in [2.45, 2.75) is 50.0 Å². The van der Waals surface area contributed by atoms with Crippen LogP contribution in [0.15, 0.2) is 30.3 Å². The molecule has 1 atom stereocenters. The van der Waals surface area contributed by atoms with Gasteiger partial charge in [0.05, 0.1) is 5.92 Å². The lowest BCUT2D eigenvalue weighted by Crippen LogP contribution is -2.35. The topological polar surface area (TPSA) is 54.5 Å². The molecule has 1 aromatic carbocycles. The SMILES string of the molecule is O=C(CC1CCC(C(F)(F)F)CC1)N1CCC(c2ccccc2)S1(=O)=O. The molecule has 1 saturated carbocycles. The Bertz CT molecular complexity index is 741. The van der Waals surface area contributed by atoms with Crippen LogP contribution in [0.3, 0.4) is 0 Å². The van der Waals surface area contributed by atoms with Crippen molar-refractivity contribution in [3.63, 3.8) is 0 Å². The van der Waals surface area contributed by atoms with E-state index in [0.29, 0.717) is 24.8 Å². The number of rotatable bonds is 3. The van der Waals surface area contributed by atoms with Gasteiger partial charge < -0.3 is 0 Å². The number of sulfonamides is 1. The van der Waals surface area contributed by atoms with E-state index in [1.165, 1.54) is 0 Å². The maximum absolute atomic E-state index is 12.7. The van der Waals surface area contributed by atoms with Gasteiger partial charge in [-0.1, -0.05) is 30.3 Å². The van der Waals surface area contributed by atoms with Crippen LogP contribution in [0.4, 0.5) is 13.2 Å². The highest BCUT2D eigenvalue weighted by molar-refractivity contribution is 7.90. The third-order valence-electron chi connectivity index (χ3n) is 5.48. The summed E-state index contributed by atoms with van der Waals surface area (Å²) in [4.78, 5) is 12.5. The van der Waals surface area contributed by atoms with Crippen molar-refractivity contribution < 1.29 is 26.4 Å². The van der Waals surface area contributed by atoms with Crippen LogP contribution in [0.1, 0.15) is 49.3 Å². The van der Waals surface area contributed by atoms with E-state index in [-0.39, 0.29) is 31.7 Å². The predicted octanol–water partition coefficient (Wildman–Crippen LogP) is 4.05. The largest absolute Gasteiger partial charge is 0.391 e. The van der Waals surface area contributed by atoms with Crippen molar-refractivity contribution in [2.75, 3.05) is 6.54 Å². The number of benzene rings is 1. The van der Waals surface area contributed by atoms with Gasteiger partial charge in [0.2, 0.25) is 15.9 Å². The highest BCUT2D eigenvalue weighted by Gasteiger charge is 2.44. The van der Waals surface area contributed by atoms with Gasteiger partial charge in [-0.3, -0.25) is 4.79 Å². The first-order valence-electron chi connectivity index (χ1n) is 8.85. The monoisotopic (exact) mass is 389 g/mol. The normalized spacial score (nSPS) is 28.9. The second kappa shape index (κ2) is 7.21. The molecule has 0 bridgehead atoms. The molecule has 0 N–H and O–H groups in total. The summed E-state index contributed by atoms with van der Waals surface area (Å²) in [6.45, 7) is 0.138. The van der Waals surface area contributed by atoms with Gasteiger partial charge in [-0.15, -0.1) is 0 Å². The fourth-order valence-electron chi connectivity index (χ4n) is 3.98. The quantitative estimate of drug-likeness (QED) is 0.784. The van der Waals surface area contributed by atoms with Gasteiger partial charge >= 0.3 is 6.18 Å². The van der Waals surface area contributed by atoms with Crippen molar-refractivity contribution in [3.8, 4) is 0 Å². The molecule has 1 saturated heterocycles. The van der Waals surface area contributed by atoms with E-state index in [1.54, 1.807) is 30.3 Å². The second-order valence-electron chi connectivity index (χ2n) is 7.16. The van der Waals surface area contributed by atoms with Crippen molar-refractivity contribution in [2.24, 2.45) is 11.8 Å². The molecule has 3 rings (SSSR count). The molecule has 1 aromatic rings. The molecule has 1 heterocycles. The number of carbonyl (C=O) groups is 1. The van der Waals surface area contributed by atoms with Crippen molar-refractivity contribution in [1.29, 1.82) is 0 Å². The Kier molecular flexibility index (Phi) is 5.33. The summed E-state index contributed by atoms with van der Waals surface area (Å²) in [6.07, 6.45) is -3.18. The van der Waals surface area contributed by atoms with E-state index in [2.05, 4.69) is 0 Å². The smallest absolute Gasteiger partial charge is 0.274 e. The lowest BCUT2D eigenvalue weighted by Gasteiger charge is -2.30. The first-order chi connectivity index (χ1) is 12.2. The van der Waals surface area contributed by atoms with Gasteiger partial charge in [-0.05, 0) is 43.6 Å². The van der Waals surface area contributed by atoms with Crippen LogP contribution in [-0.2, 0) is 14.8 Å². The molecule has 1 amide bonds. The van der Waals surface area contributed by atoms with Crippen molar-refractivity contribution in [1.82, 2.24) is 4.31 Å². The zero-order chi connectivity index (χ0) is 18.9. The molecule has 26 heavy (non-hydrogen) atoms. The number of hydrogen-bond donors (Lipinski definition) is 0. The van der Waals surface area contributed by atoms with Crippen molar-refractivity contribution in [3.05, 3.63) is 35.9 Å². The average Bonchev–Trinajstić information content (AvgIpc) is 2.90. The number of hydrogen-bond acceptors (Lipinski definition) is 3. The van der Waals surface area contributed by atoms with E-state index >= 15 is 0 Å². The standard InChI is InChI=1S/C18H22F3NO3S/c19-18(20,21)15-8-6-13(7-9-15)12-17(23)22-11-10-16(26(22,24)25)14-4-2-1-3-5-14/h1-5,13,15-16H,6-12H2. The van der Waals surface area contributed by atoms with E-state index < -0.39 is 33.3 Å². The van der Waals surface area contributed by atoms with Crippen LogP contribution in [0.5, 0.6) is 0 Å². The molecule has 2 aliphatic rings. The maximum atomic E-state index is 12.7. The first-order valence-corrected chi connectivity index (χ1v) is 10.4. The molecule has 2 fully saturated rings. The van der Waals surface area contributed by atoms with E-state index in [9.17, 15) is 26.4 Å². The molecule has 4 nitrogen and oxygen atoms in total. The third kappa shape index (κ3) is 3.89. The number of halogens is 3. The summed E-state index contributed by atoms with van der Waals surface area (Å²) >= 11 is 0. The Labute approximate surface area is 151 Å². The Hall–Kier alpha value is -1.57. The Morgan fingerprint density at radius 2 is 1.65 bits per heavy atom. The summed E-state index contributed by atoms with van der Waals surface area (Å²) in [5.41, 5.74) is 0.661. The van der Waals surface area contributed by atoms with E-state index in [4.69, 9.17) is 0 Å². The number of carbonyl (C=O) groups excluding carboxylic acids is 1. The summed E-state index contributed by atoms with van der Waals surface area (Å²) in [7, 11) is -3.76. The predicted molar refractivity (Wildman–Crippen MR) is 90.6 cm³/mol.